The number of sulfonamides is 2. The first kappa shape index (κ1) is 26.7. The second-order valence-corrected chi connectivity index (χ2v) is 13.6. The third kappa shape index (κ3) is 5.65. The van der Waals surface area contributed by atoms with Crippen LogP contribution in [0.4, 0.5) is 5.69 Å². The van der Waals surface area contributed by atoms with Crippen LogP contribution in [0.2, 0.25) is 0 Å². The standard InChI is InChI=1S/C25H33N3O6S2/c1-18-14-19(2)17-28(16-18)35(30,31)23-8-5-21(6-9-23)25(29)26-22-7-4-20(3)24(15-22)36(32,33)27-10-12-34-13-11-27/h4-9,15,18-19H,10-14,16-17H2,1-3H3,(H,26,29)/t18-,19-/m1/s1. The van der Waals surface area contributed by atoms with Gasteiger partial charge in [0.2, 0.25) is 20.0 Å². The lowest BCUT2D eigenvalue weighted by Crippen LogP contribution is -2.42. The van der Waals surface area contributed by atoms with Crippen LogP contribution in [-0.2, 0) is 24.8 Å². The number of carbonyl (C=O) groups is 1. The normalized spacial score (nSPS) is 22.3. The molecule has 2 aromatic carbocycles. The molecule has 2 heterocycles. The second kappa shape index (κ2) is 10.6. The molecular weight excluding hydrogens is 502 g/mol. The lowest BCUT2D eigenvalue weighted by molar-refractivity contribution is 0.0730. The van der Waals surface area contributed by atoms with Crippen molar-refractivity contribution < 1.29 is 26.4 Å². The van der Waals surface area contributed by atoms with Crippen molar-refractivity contribution in [2.24, 2.45) is 11.8 Å². The number of rotatable bonds is 6. The van der Waals surface area contributed by atoms with Gasteiger partial charge in [-0.15, -0.1) is 0 Å². The summed E-state index contributed by atoms with van der Waals surface area (Å²) in [5, 5.41) is 2.73. The number of nitrogens with zero attached hydrogens (tertiary/aromatic N) is 2. The van der Waals surface area contributed by atoms with Crippen molar-refractivity contribution in [2.75, 3.05) is 44.7 Å². The van der Waals surface area contributed by atoms with Gasteiger partial charge in [-0.05, 0) is 67.1 Å². The van der Waals surface area contributed by atoms with E-state index in [4.69, 9.17) is 4.74 Å². The van der Waals surface area contributed by atoms with Gasteiger partial charge in [-0.1, -0.05) is 19.9 Å². The maximum Gasteiger partial charge on any atom is 0.255 e. The lowest BCUT2D eigenvalue weighted by Gasteiger charge is -2.34. The number of ether oxygens (including phenoxy) is 1. The Labute approximate surface area is 213 Å². The number of benzene rings is 2. The minimum absolute atomic E-state index is 0.133. The van der Waals surface area contributed by atoms with E-state index in [0.717, 1.165) is 6.42 Å². The summed E-state index contributed by atoms with van der Waals surface area (Å²) >= 11 is 0. The van der Waals surface area contributed by atoms with E-state index in [9.17, 15) is 21.6 Å². The van der Waals surface area contributed by atoms with E-state index in [1.165, 1.54) is 38.9 Å². The van der Waals surface area contributed by atoms with Gasteiger partial charge in [0.1, 0.15) is 0 Å². The number of nitrogens with one attached hydrogen (secondary N) is 1. The molecule has 9 nitrogen and oxygen atoms in total. The van der Waals surface area contributed by atoms with Gasteiger partial charge in [0, 0.05) is 37.4 Å². The molecule has 0 unspecified atom stereocenters. The molecule has 2 aliphatic heterocycles. The summed E-state index contributed by atoms with van der Waals surface area (Å²) in [5.41, 5.74) is 1.19. The number of aryl methyl sites for hydroxylation is 1. The van der Waals surface area contributed by atoms with Crippen LogP contribution in [0.15, 0.2) is 52.3 Å². The van der Waals surface area contributed by atoms with E-state index in [2.05, 4.69) is 5.32 Å². The molecule has 2 aliphatic rings. The van der Waals surface area contributed by atoms with Crippen molar-refractivity contribution in [3.05, 3.63) is 53.6 Å². The number of amides is 1. The SMILES string of the molecule is Cc1ccc(NC(=O)c2ccc(S(=O)(=O)N3C[C@H](C)C[C@@H](C)C3)cc2)cc1S(=O)(=O)N1CCOCC1. The van der Waals surface area contributed by atoms with E-state index in [0.29, 0.717) is 49.4 Å². The van der Waals surface area contributed by atoms with Crippen LogP contribution in [0.3, 0.4) is 0 Å². The summed E-state index contributed by atoms with van der Waals surface area (Å²) in [4.78, 5) is 13.1. The molecule has 11 heteroatoms. The van der Waals surface area contributed by atoms with Crippen molar-refractivity contribution in [3.8, 4) is 0 Å². The van der Waals surface area contributed by atoms with Crippen LogP contribution in [0.5, 0.6) is 0 Å². The van der Waals surface area contributed by atoms with E-state index in [1.807, 2.05) is 13.8 Å². The molecule has 0 radical (unpaired) electrons. The molecule has 2 aromatic rings. The zero-order valence-electron chi connectivity index (χ0n) is 20.8. The van der Waals surface area contributed by atoms with Crippen LogP contribution in [0.1, 0.15) is 36.2 Å². The molecule has 36 heavy (non-hydrogen) atoms. The van der Waals surface area contributed by atoms with E-state index in [-0.39, 0.29) is 28.4 Å². The zero-order chi connectivity index (χ0) is 26.1. The molecule has 0 bridgehead atoms. The third-order valence-electron chi connectivity index (χ3n) is 6.62. The summed E-state index contributed by atoms with van der Waals surface area (Å²) in [6.45, 7) is 8.03. The quantitative estimate of drug-likeness (QED) is 0.609. The first-order valence-corrected chi connectivity index (χ1v) is 15.0. The first-order valence-electron chi connectivity index (χ1n) is 12.1. The van der Waals surface area contributed by atoms with Gasteiger partial charge < -0.3 is 10.1 Å². The minimum atomic E-state index is -3.73. The van der Waals surface area contributed by atoms with E-state index >= 15 is 0 Å². The minimum Gasteiger partial charge on any atom is -0.379 e. The highest BCUT2D eigenvalue weighted by molar-refractivity contribution is 7.89. The van der Waals surface area contributed by atoms with Gasteiger partial charge in [-0.2, -0.15) is 8.61 Å². The molecule has 2 fully saturated rings. The number of anilines is 1. The number of morpholine rings is 1. The largest absolute Gasteiger partial charge is 0.379 e. The summed E-state index contributed by atoms with van der Waals surface area (Å²) in [6, 6.07) is 10.6. The molecule has 196 valence electrons. The average Bonchev–Trinajstić information content (AvgIpc) is 2.85. The first-order chi connectivity index (χ1) is 17.0. The van der Waals surface area contributed by atoms with Crippen molar-refractivity contribution >= 4 is 31.6 Å². The van der Waals surface area contributed by atoms with Crippen LogP contribution in [0.25, 0.3) is 0 Å². The predicted molar refractivity (Wildman–Crippen MR) is 137 cm³/mol. The maximum absolute atomic E-state index is 13.1. The Morgan fingerprint density at radius 1 is 0.889 bits per heavy atom. The summed E-state index contributed by atoms with van der Waals surface area (Å²) in [7, 11) is -7.37. The van der Waals surface area contributed by atoms with Crippen molar-refractivity contribution in [1.29, 1.82) is 0 Å². The van der Waals surface area contributed by atoms with Gasteiger partial charge in [0.25, 0.3) is 5.91 Å². The molecule has 2 saturated heterocycles. The highest BCUT2D eigenvalue weighted by atomic mass is 32.2. The molecular formula is C25H33N3O6S2. The molecule has 0 aliphatic carbocycles. The van der Waals surface area contributed by atoms with E-state index in [1.54, 1.807) is 19.1 Å². The van der Waals surface area contributed by atoms with Gasteiger partial charge in [-0.25, -0.2) is 16.8 Å². The Bertz CT molecular complexity index is 1310. The molecule has 0 aromatic heterocycles. The lowest BCUT2D eigenvalue weighted by atomic mass is 9.94. The number of hydrogen-bond acceptors (Lipinski definition) is 6. The Hall–Kier alpha value is -2.31. The smallest absolute Gasteiger partial charge is 0.255 e. The van der Waals surface area contributed by atoms with Gasteiger partial charge in [0.15, 0.2) is 0 Å². The molecule has 4 rings (SSSR count). The monoisotopic (exact) mass is 535 g/mol. The van der Waals surface area contributed by atoms with Crippen LogP contribution in [0, 0.1) is 18.8 Å². The molecule has 0 saturated carbocycles. The van der Waals surface area contributed by atoms with Crippen LogP contribution >= 0.6 is 0 Å². The maximum atomic E-state index is 13.1. The van der Waals surface area contributed by atoms with Crippen LogP contribution < -0.4 is 5.32 Å². The molecule has 0 spiro atoms. The summed E-state index contributed by atoms with van der Waals surface area (Å²) in [6.07, 6.45) is 1.000. The van der Waals surface area contributed by atoms with Gasteiger partial charge in [-0.3, -0.25) is 4.79 Å². The molecule has 1 N–H and O–H groups in total. The fourth-order valence-corrected chi connectivity index (χ4v) is 8.15. The zero-order valence-corrected chi connectivity index (χ0v) is 22.4. The van der Waals surface area contributed by atoms with Crippen molar-refractivity contribution in [3.63, 3.8) is 0 Å². The summed E-state index contributed by atoms with van der Waals surface area (Å²) in [5.74, 6) is 0.123. The Balaban J connectivity index is 1.50. The number of piperidine rings is 1. The molecule has 1 amide bonds. The third-order valence-corrected chi connectivity index (χ3v) is 10.5. The van der Waals surface area contributed by atoms with Crippen molar-refractivity contribution in [2.45, 2.75) is 37.0 Å². The van der Waals surface area contributed by atoms with Gasteiger partial charge in [0.05, 0.1) is 23.0 Å². The van der Waals surface area contributed by atoms with Crippen LogP contribution in [-0.4, -0.2) is 70.7 Å². The fourth-order valence-electron chi connectivity index (χ4n) is 4.81. The van der Waals surface area contributed by atoms with E-state index < -0.39 is 26.0 Å². The van der Waals surface area contributed by atoms with Crippen molar-refractivity contribution in [1.82, 2.24) is 8.61 Å². The second-order valence-electron chi connectivity index (χ2n) is 9.74. The Morgan fingerprint density at radius 2 is 1.50 bits per heavy atom. The summed E-state index contributed by atoms with van der Waals surface area (Å²) < 4.78 is 60.6. The van der Waals surface area contributed by atoms with Gasteiger partial charge >= 0.3 is 0 Å². The fraction of sp³-hybridized carbons (Fsp3) is 0.480. The highest BCUT2D eigenvalue weighted by Crippen LogP contribution is 2.28. The Kier molecular flexibility index (Phi) is 7.86. The topological polar surface area (TPSA) is 113 Å². The number of hydrogen-bond donors (Lipinski definition) is 1. The molecule has 2 atom stereocenters. The average molecular weight is 536 g/mol. The predicted octanol–water partition coefficient (Wildman–Crippen LogP) is 2.93. The number of carbonyl (C=O) groups excluding carboxylic acids is 1. The highest BCUT2D eigenvalue weighted by Gasteiger charge is 2.32. The Morgan fingerprint density at radius 3 is 2.11 bits per heavy atom.